The lowest BCUT2D eigenvalue weighted by molar-refractivity contribution is -0.154. The fraction of sp³-hybridized carbons (Fsp3) is 0.857. The van der Waals surface area contributed by atoms with E-state index in [-0.39, 0.29) is 12.3 Å². The molecule has 0 radical (unpaired) electrons. The number of aliphatic hydroxyl groups excluding tert-OH is 1. The largest absolute Gasteiger partial charge is 0.481 e. The lowest BCUT2D eigenvalue weighted by Crippen LogP contribution is -2.52. The number of carbonyl (C=O) groups excluding carboxylic acids is 1. The van der Waals surface area contributed by atoms with Crippen LogP contribution in [0, 0.1) is 5.41 Å². The van der Waals surface area contributed by atoms with E-state index < -0.39 is 23.0 Å². The molecule has 1 rings (SSSR count). The lowest BCUT2D eigenvalue weighted by Gasteiger charge is -2.35. The number of aliphatic hydroxyl groups is 1. The molecule has 1 saturated carbocycles. The van der Waals surface area contributed by atoms with Crippen molar-refractivity contribution in [2.75, 3.05) is 0 Å². The highest BCUT2D eigenvalue weighted by Gasteiger charge is 2.42. The van der Waals surface area contributed by atoms with Crippen molar-refractivity contribution in [1.29, 1.82) is 0 Å². The number of hydrogen-bond donors (Lipinski definition) is 3. The van der Waals surface area contributed by atoms with Gasteiger partial charge in [-0.2, -0.15) is 0 Å². The predicted molar refractivity (Wildman–Crippen MR) is 71.7 cm³/mol. The van der Waals surface area contributed by atoms with Gasteiger partial charge in [-0.05, 0) is 33.6 Å². The number of carboxylic acid groups (broad SMARTS) is 1. The Hall–Kier alpha value is -1.10. The Morgan fingerprint density at radius 2 is 1.79 bits per heavy atom. The third-order valence-corrected chi connectivity index (χ3v) is 4.27. The average molecular weight is 271 g/mol. The molecule has 0 aromatic heterocycles. The maximum atomic E-state index is 12.1. The summed E-state index contributed by atoms with van der Waals surface area (Å²) in [5.74, 6) is -1.17. The number of rotatable bonds is 5. The molecule has 0 bridgehead atoms. The minimum atomic E-state index is -0.920. The van der Waals surface area contributed by atoms with Crippen molar-refractivity contribution in [3.63, 3.8) is 0 Å². The number of carboxylic acids is 1. The summed E-state index contributed by atoms with van der Waals surface area (Å²) in [4.78, 5) is 23.5. The lowest BCUT2D eigenvalue weighted by atomic mass is 9.71. The van der Waals surface area contributed by atoms with E-state index in [0.29, 0.717) is 12.8 Å². The number of aliphatic carboxylic acids is 1. The van der Waals surface area contributed by atoms with Crippen LogP contribution in [0.4, 0.5) is 0 Å². The van der Waals surface area contributed by atoms with Crippen molar-refractivity contribution in [2.45, 2.75) is 70.9 Å². The fourth-order valence-electron chi connectivity index (χ4n) is 2.51. The molecule has 5 nitrogen and oxygen atoms in total. The second-order valence-corrected chi connectivity index (χ2v) is 6.27. The van der Waals surface area contributed by atoms with Crippen molar-refractivity contribution in [1.82, 2.24) is 5.32 Å². The van der Waals surface area contributed by atoms with Gasteiger partial charge in [0.15, 0.2) is 0 Å². The summed E-state index contributed by atoms with van der Waals surface area (Å²) in [5.41, 5.74) is -1.66. The molecular weight excluding hydrogens is 246 g/mol. The van der Waals surface area contributed by atoms with Crippen LogP contribution in [-0.2, 0) is 9.59 Å². The van der Waals surface area contributed by atoms with E-state index in [1.807, 2.05) is 0 Å². The van der Waals surface area contributed by atoms with Crippen LogP contribution >= 0.6 is 0 Å². The summed E-state index contributed by atoms with van der Waals surface area (Å²) in [6, 6.07) is 0. The first-order chi connectivity index (χ1) is 8.69. The van der Waals surface area contributed by atoms with Crippen LogP contribution in [0.2, 0.25) is 0 Å². The maximum absolute atomic E-state index is 12.1. The average Bonchev–Trinajstić information content (AvgIpc) is 2.28. The smallest absolute Gasteiger partial charge is 0.310 e. The van der Waals surface area contributed by atoms with E-state index in [2.05, 4.69) is 5.32 Å². The number of amides is 1. The molecule has 1 aliphatic carbocycles. The van der Waals surface area contributed by atoms with E-state index in [1.54, 1.807) is 20.8 Å². The van der Waals surface area contributed by atoms with Crippen LogP contribution in [-0.4, -0.2) is 33.7 Å². The SMILES string of the molecule is CC(O)C(C)(C)NC(=O)CC1(C(=O)O)CCCCC1. The second-order valence-electron chi connectivity index (χ2n) is 6.27. The zero-order valence-corrected chi connectivity index (χ0v) is 12.0. The van der Waals surface area contributed by atoms with Crippen LogP contribution in [0.1, 0.15) is 59.3 Å². The molecule has 1 aliphatic rings. The molecule has 0 aromatic carbocycles. The first kappa shape index (κ1) is 16.0. The Balaban J connectivity index is 2.70. The monoisotopic (exact) mass is 271 g/mol. The minimum absolute atomic E-state index is 0.00150. The van der Waals surface area contributed by atoms with E-state index in [1.165, 1.54) is 0 Å². The minimum Gasteiger partial charge on any atom is -0.481 e. The standard InChI is InChI=1S/C14H25NO4/c1-10(16)13(2,3)15-11(17)9-14(12(18)19)7-5-4-6-8-14/h10,16H,4-9H2,1-3H3,(H,15,17)(H,18,19). The van der Waals surface area contributed by atoms with Gasteiger partial charge < -0.3 is 15.5 Å². The normalized spacial score (nSPS) is 20.6. The highest BCUT2D eigenvalue weighted by atomic mass is 16.4. The van der Waals surface area contributed by atoms with Gasteiger partial charge >= 0.3 is 5.97 Å². The molecular formula is C14H25NO4. The summed E-state index contributed by atoms with van der Waals surface area (Å²) in [6.07, 6.45) is 3.19. The van der Waals surface area contributed by atoms with Crippen molar-refractivity contribution in [3.8, 4) is 0 Å². The van der Waals surface area contributed by atoms with Crippen molar-refractivity contribution in [2.24, 2.45) is 5.41 Å². The molecule has 0 aliphatic heterocycles. The number of carbonyl (C=O) groups is 2. The topological polar surface area (TPSA) is 86.6 Å². The molecule has 110 valence electrons. The van der Waals surface area contributed by atoms with Crippen LogP contribution in [0.15, 0.2) is 0 Å². The number of nitrogens with one attached hydrogen (secondary N) is 1. The van der Waals surface area contributed by atoms with Crippen molar-refractivity contribution >= 4 is 11.9 Å². The summed E-state index contributed by atoms with van der Waals surface area (Å²) in [5, 5.41) is 21.7. The van der Waals surface area contributed by atoms with Gasteiger partial charge in [0.1, 0.15) is 0 Å². The summed E-state index contributed by atoms with van der Waals surface area (Å²) in [7, 11) is 0. The predicted octanol–water partition coefficient (Wildman–Crippen LogP) is 1.69. The van der Waals surface area contributed by atoms with Gasteiger partial charge in [-0.15, -0.1) is 0 Å². The molecule has 5 heteroatoms. The second kappa shape index (κ2) is 5.90. The molecule has 19 heavy (non-hydrogen) atoms. The van der Waals surface area contributed by atoms with Crippen LogP contribution in [0.25, 0.3) is 0 Å². The van der Waals surface area contributed by atoms with Gasteiger partial charge in [-0.25, -0.2) is 0 Å². The van der Waals surface area contributed by atoms with Gasteiger partial charge in [0.05, 0.1) is 17.1 Å². The number of hydrogen-bond acceptors (Lipinski definition) is 3. The Morgan fingerprint density at radius 1 is 1.26 bits per heavy atom. The highest BCUT2D eigenvalue weighted by Crippen LogP contribution is 2.39. The molecule has 3 N–H and O–H groups in total. The van der Waals surface area contributed by atoms with Gasteiger partial charge in [0, 0.05) is 6.42 Å². The van der Waals surface area contributed by atoms with Gasteiger partial charge in [0.25, 0.3) is 0 Å². The maximum Gasteiger partial charge on any atom is 0.310 e. The Bertz CT molecular complexity index is 343. The molecule has 1 unspecified atom stereocenters. The molecule has 1 fully saturated rings. The first-order valence-electron chi connectivity index (χ1n) is 6.92. The van der Waals surface area contributed by atoms with E-state index >= 15 is 0 Å². The molecule has 0 spiro atoms. The Morgan fingerprint density at radius 3 is 2.21 bits per heavy atom. The van der Waals surface area contributed by atoms with E-state index in [9.17, 15) is 19.8 Å². The van der Waals surface area contributed by atoms with Crippen LogP contribution in [0.5, 0.6) is 0 Å². The Kier molecular flexibility index (Phi) is 4.96. The molecule has 1 atom stereocenters. The van der Waals surface area contributed by atoms with Crippen molar-refractivity contribution < 1.29 is 19.8 Å². The zero-order chi connectivity index (χ0) is 14.7. The van der Waals surface area contributed by atoms with Gasteiger partial charge in [0.2, 0.25) is 5.91 Å². The summed E-state index contributed by atoms with van der Waals surface area (Å²) in [6.45, 7) is 5.06. The van der Waals surface area contributed by atoms with Gasteiger partial charge in [-0.3, -0.25) is 9.59 Å². The van der Waals surface area contributed by atoms with Gasteiger partial charge in [-0.1, -0.05) is 19.3 Å². The Labute approximate surface area is 114 Å². The molecule has 0 saturated heterocycles. The molecule has 0 aromatic rings. The van der Waals surface area contributed by atoms with E-state index in [0.717, 1.165) is 19.3 Å². The van der Waals surface area contributed by atoms with Crippen molar-refractivity contribution in [3.05, 3.63) is 0 Å². The fourth-order valence-corrected chi connectivity index (χ4v) is 2.51. The molecule has 1 amide bonds. The van der Waals surface area contributed by atoms with Crippen LogP contribution in [0.3, 0.4) is 0 Å². The van der Waals surface area contributed by atoms with E-state index in [4.69, 9.17) is 0 Å². The molecule has 0 heterocycles. The summed E-state index contributed by atoms with van der Waals surface area (Å²) < 4.78 is 0. The third-order valence-electron chi connectivity index (χ3n) is 4.27. The summed E-state index contributed by atoms with van der Waals surface area (Å²) >= 11 is 0. The first-order valence-corrected chi connectivity index (χ1v) is 6.92. The highest BCUT2D eigenvalue weighted by molar-refractivity contribution is 5.85. The third kappa shape index (κ3) is 3.93. The zero-order valence-electron chi connectivity index (χ0n) is 12.0. The van der Waals surface area contributed by atoms with Crippen LogP contribution < -0.4 is 5.32 Å². The quantitative estimate of drug-likeness (QED) is 0.710.